The second-order valence-corrected chi connectivity index (χ2v) is 7.33. The van der Waals surface area contributed by atoms with Gasteiger partial charge in [-0.05, 0) is 43.7 Å². The molecular formula is C20H24N2O5S. The first-order chi connectivity index (χ1) is 13.3. The van der Waals surface area contributed by atoms with Crippen LogP contribution < -0.4 is 15.4 Å². The summed E-state index contributed by atoms with van der Waals surface area (Å²) in [6.45, 7) is 7.59. The molecule has 0 bridgehead atoms. The van der Waals surface area contributed by atoms with Crippen molar-refractivity contribution < 1.29 is 23.9 Å². The number of nitrogens with one attached hydrogen (secondary N) is 2. The van der Waals surface area contributed by atoms with E-state index in [1.54, 1.807) is 45.0 Å². The number of methoxy groups -OCH3 is 1. The van der Waals surface area contributed by atoms with Gasteiger partial charge < -0.3 is 20.1 Å². The average Bonchev–Trinajstić information content (AvgIpc) is 2.99. The van der Waals surface area contributed by atoms with Crippen LogP contribution in [0.1, 0.15) is 46.4 Å². The van der Waals surface area contributed by atoms with Crippen LogP contribution in [0, 0.1) is 12.8 Å². The fourth-order valence-corrected chi connectivity index (χ4v) is 3.50. The molecule has 28 heavy (non-hydrogen) atoms. The van der Waals surface area contributed by atoms with E-state index in [0.717, 1.165) is 11.3 Å². The second kappa shape index (κ2) is 9.36. The highest BCUT2D eigenvalue weighted by atomic mass is 32.1. The molecule has 0 aliphatic carbocycles. The minimum Gasteiger partial charge on any atom is -0.494 e. The number of esters is 1. The lowest BCUT2D eigenvalue weighted by Gasteiger charge is -2.07. The van der Waals surface area contributed by atoms with Crippen molar-refractivity contribution in [2.24, 2.45) is 5.92 Å². The highest BCUT2D eigenvalue weighted by Gasteiger charge is 2.26. The topological polar surface area (TPSA) is 93.7 Å². The minimum absolute atomic E-state index is 0.193. The number of ether oxygens (including phenoxy) is 2. The number of benzene rings is 1. The molecule has 2 amide bonds. The molecule has 0 saturated heterocycles. The van der Waals surface area contributed by atoms with Crippen LogP contribution in [-0.4, -0.2) is 31.5 Å². The summed E-state index contributed by atoms with van der Waals surface area (Å²) in [5, 5.41) is 5.81. The quantitative estimate of drug-likeness (QED) is 0.678. The fraction of sp³-hybridized carbons (Fsp3) is 0.350. The van der Waals surface area contributed by atoms with Gasteiger partial charge in [-0.2, -0.15) is 0 Å². The van der Waals surface area contributed by atoms with Crippen molar-refractivity contribution in [3.8, 4) is 5.75 Å². The Morgan fingerprint density at radius 2 is 1.75 bits per heavy atom. The zero-order chi connectivity index (χ0) is 20.8. The molecule has 2 rings (SSSR count). The smallest absolute Gasteiger partial charge is 0.341 e. The van der Waals surface area contributed by atoms with Crippen LogP contribution in [0.25, 0.3) is 0 Å². The molecule has 150 valence electrons. The molecule has 1 aromatic carbocycles. The van der Waals surface area contributed by atoms with Crippen LogP contribution in [0.15, 0.2) is 24.3 Å². The summed E-state index contributed by atoms with van der Waals surface area (Å²) >= 11 is 1.04. The molecule has 7 nitrogen and oxygen atoms in total. The van der Waals surface area contributed by atoms with Crippen molar-refractivity contribution >= 4 is 39.8 Å². The lowest BCUT2D eigenvalue weighted by molar-refractivity contribution is -0.118. The molecule has 2 aromatic rings. The van der Waals surface area contributed by atoms with Gasteiger partial charge >= 0.3 is 5.97 Å². The van der Waals surface area contributed by atoms with Gasteiger partial charge in [0.1, 0.15) is 10.8 Å². The van der Waals surface area contributed by atoms with Crippen LogP contribution >= 0.6 is 11.3 Å². The molecule has 0 spiro atoms. The Morgan fingerprint density at radius 3 is 2.29 bits per heavy atom. The first-order valence-corrected chi connectivity index (χ1v) is 9.66. The van der Waals surface area contributed by atoms with E-state index in [1.807, 2.05) is 6.92 Å². The van der Waals surface area contributed by atoms with E-state index in [2.05, 4.69) is 10.6 Å². The largest absolute Gasteiger partial charge is 0.494 e. The number of carbonyl (C=O) groups is 3. The van der Waals surface area contributed by atoms with E-state index in [9.17, 15) is 14.4 Å². The molecule has 2 N–H and O–H groups in total. The van der Waals surface area contributed by atoms with Crippen molar-refractivity contribution in [2.75, 3.05) is 24.4 Å². The van der Waals surface area contributed by atoms with E-state index < -0.39 is 5.97 Å². The summed E-state index contributed by atoms with van der Waals surface area (Å²) in [5.74, 6) is -0.784. The van der Waals surface area contributed by atoms with Crippen molar-refractivity contribution in [3.05, 3.63) is 40.3 Å². The zero-order valence-electron chi connectivity index (χ0n) is 16.5. The Balaban J connectivity index is 2.30. The van der Waals surface area contributed by atoms with E-state index in [1.165, 1.54) is 7.11 Å². The van der Waals surface area contributed by atoms with Crippen LogP contribution in [-0.2, 0) is 9.53 Å². The number of hydrogen-bond donors (Lipinski definition) is 2. The van der Waals surface area contributed by atoms with Crippen LogP contribution in [0.3, 0.4) is 0 Å². The van der Waals surface area contributed by atoms with Gasteiger partial charge in [-0.25, -0.2) is 4.79 Å². The summed E-state index contributed by atoms with van der Waals surface area (Å²) in [4.78, 5) is 37.3. The number of hydrogen-bond acceptors (Lipinski definition) is 6. The van der Waals surface area contributed by atoms with Gasteiger partial charge in [-0.15, -0.1) is 11.3 Å². The van der Waals surface area contributed by atoms with E-state index in [4.69, 9.17) is 9.47 Å². The molecule has 0 unspecified atom stereocenters. The van der Waals surface area contributed by atoms with E-state index in [-0.39, 0.29) is 23.3 Å². The van der Waals surface area contributed by atoms with Gasteiger partial charge in [0.05, 0.1) is 24.2 Å². The standard InChI is InChI=1S/C20H24N2O5S/c1-6-27-14-9-7-13(8-10-14)21-18(24)16-12(4)15(20(25)26-5)19(28-16)22-17(23)11(2)3/h7-11H,6H2,1-5H3,(H,21,24)(H,22,23). The Labute approximate surface area is 168 Å². The molecule has 0 atom stereocenters. The maximum Gasteiger partial charge on any atom is 0.341 e. The monoisotopic (exact) mass is 404 g/mol. The zero-order valence-corrected chi connectivity index (χ0v) is 17.4. The fourth-order valence-electron chi connectivity index (χ4n) is 2.41. The van der Waals surface area contributed by atoms with Crippen molar-refractivity contribution in [3.63, 3.8) is 0 Å². The summed E-state index contributed by atoms with van der Waals surface area (Å²) in [6, 6.07) is 6.98. The van der Waals surface area contributed by atoms with E-state index >= 15 is 0 Å². The first kappa shape index (κ1) is 21.4. The normalized spacial score (nSPS) is 10.5. The number of thiophene rings is 1. The highest BCUT2D eigenvalue weighted by Crippen LogP contribution is 2.34. The van der Waals surface area contributed by atoms with Gasteiger partial charge in [-0.1, -0.05) is 13.8 Å². The Morgan fingerprint density at radius 1 is 1.11 bits per heavy atom. The molecule has 0 radical (unpaired) electrons. The van der Waals surface area contributed by atoms with Gasteiger partial charge in [-0.3, -0.25) is 9.59 Å². The molecular weight excluding hydrogens is 380 g/mol. The van der Waals surface area contributed by atoms with Crippen molar-refractivity contribution in [2.45, 2.75) is 27.7 Å². The Bertz CT molecular complexity index is 871. The molecule has 8 heteroatoms. The third-order valence-corrected chi connectivity index (χ3v) is 5.13. The molecule has 0 aliphatic heterocycles. The first-order valence-electron chi connectivity index (χ1n) is 8.85. The summed E-state index contributed by atoms with van der Waals surface area (Å²) < 4.78 is 10.2. The number of amides is 2. The van der Waals surface area contributed by atoms with Gasteiger partial charge in [0.2, 0.25) is 5.91 Å². The predicted octanol–water partition coefficient (Wildman–Crippen LogP) is 4.09. The van der Waals surface area contributed by atoms with Gasteiger partial charge in [0.25, 0.3) is 5.91 Å². The van der Waals surface area contributed by atoms with E-state index in [0.29, 0.717) is 33.5 Å². The predicted molar refractivity (Wildman–Crippen MR) is 109 cm³/mol. The Kier molecular flexibility index (Phi) is 7.17. The number of carbonyl (C=O) groups excluding carboxylic acids is 3. The Hall–Kier alpha value is -2.87. The SMILES string of the molecule is CCOc1ccc(NC(=O)c2sc(NC(=O)C(C)C)c(C(=O)OC)c2C)cc1. The molecule has 0 aliphatic rings. The van der Waals surface area contributed by atoms with Crippen LogP contribution in [0.2, 0.25) is 0 Å². The maximum atomic E-state index is 12.7. The second-order valence-electron chi connectivity index (χ2n) is 6.31. The highest BCUT2D eigenvalue weighted by molar-refractivity contribution is 7.18. The van der Waals surface area contributed by atoms with Gasteiger partial charge in [0.15, 0.2) is 0 Å². The minimum atomic E-state index is -0.604. The van der Waals surface area contributed by atoms with Crippen LogP contribution in [0.4, 0.5) is 10.7 Å². The lowest BCUT2D eigenvalue weighted by atomic mass is 10.1. The molecule has 1 heterocycles. The molecule has 1 aromatic heterocycles. The van der Waals surface area contributed by atoms with Crippen molar-refractivity contribution in [1.82, 2.24) is 0 Å². The molecule has 0 saturated carbocycles. The van der Waals surface area contributed by atoms with Crippen molar-refractivity contribution in [1.29, 1.82) is 0 Å². The summed E-state index contributed by atoms with van der Waals surface area (Å²) in [7, 11) is 1.26. The number of rotatable bonds is 7. The maximum absolute atomic E-state index is 12.7. The third-order valence-electron chi connectivity index (χ3n) is 3.93. The van der Waals surface area contributed by atoms with Gasteiger partial charge in [0, 0.05) is 11.6 Å². The lowest BCUT2D eigenvalue weighted by Crippen LogP contribution is -2.19. The summed E-state index contributed by atoms with van der Waals surface area (Å²) in [6.07, 6.45) is 0. The number of anilines is 2. The van der Waals surface area contributed by atoms with Crippen LogP contribution in [0.5, 0.6) is 5.75 Å². The average molecular weight is 404 g/mol. The third kappa shape index (κ3) is 4.89. The summed E-state index contributed by atoms with van der Waals surface area (Å²) in [5.41, 5.74) is 1.24. The molecule has 0 fully saturated rings.